The molecule has 0 heterocycles. The average Bonchev–Trinajstić information content (AvgIpc) is 2.49. The molecule has 1 N–H and O–H groups in total. The molecule has 21 heavy (non-hydrogen) atoms. The highest BCUT2D eigenvalue weighted by Crippen LogP contribution is 2.25. The Kier molecular flexibility index (Phi) is 9.66. The van der Waals surface area contributed by atoms with Gasteiger partial charge in [0.15, 0.2) is 0 Å². The van der Waals surface area contributed by atoms with Gasteiger partial charge in [-0.1, -0.05) is 32.3 Å². The molecule has 1 aromatic carbocycles. The Bertz CT molecular complexity index is 379. The third-order valence-corrected chi connectivity index (χ3v) is 3.28. The van der Waals surface area contributed by atoms with Gasteiger partial charge in [-0.2, -0.15) is 0 Å². The van der Waals surface area contributed by atoms with Crippen molar-refractivity contribution in [1.82, 2.24) is 0 Å². The molecule has 0 bridgehead atoms. The van der Waals surface area contributed by atoms with E-state index < -0.39 is 0 Å². The second-order valence-corrected chi connectivity index (χ2v) is 5.05. The Hall–Kier alpha value is -1.26. The number of methoxy groups -OCH3 is 1. The van der Waals surface area contributed by atoms with Crippen LogP contribution in [0.15, 0.2) is 18.2 Å². The first-order valence-corrected chi connectivity index (χ1v) is 7.79. The zero-order chi connectivity index (χ0) is 15.3. The summed E-state index contributed by atoms with van der Waals surface area (Å²) >= 11 is 0. The predicted octanol–water partition coefficient (Wildman–Crippen LogP) is 3.56. The van der Waals surface area contributed by atoms with Crippen molar-refractivity contribution in [2.24, 2.45) is 0 Å². The Morgan fingerprint density at radius 3 is 2.52 bits per heavy atom. The molecular formula is C17H28O4. The van der Waals surface area contributed by atoms with Crippen molar-refractivity contribution >= 4 is 0 Å². The summed E-state index contributed by atoms with van der Waals surface area (Å²) in [6.07, 6.45) is 5.74. The third kappa shape index (κ3) is 7.93. The van der Waals surface area contributed by atoms with E-state index in [4.69, 9.17) is 14.2 Å². The lowest BCUT2D eigenvalue weighted by Gasteiger charge is -2.09. The van der Waals surface area contributed by atoms with Gasteiger partial charge in [0.1, 0.15) is 18.1 Å². The smallest absolute Gasteiger partial charge is 0.123 e. The van der Waals surface area contributed by atoms with Crippen LogP contribution >= 0.6 is 0 Å². The van der Waals surface area contributed by atoms with Crippen LogP contribution in [0, 0.1) is 0 Å². The van der Waals surface area contributed by atoms with Gasteiger partial charge in [-0.05, 0) is 24.5 Å². The van der Waals surface area contributed by atoms with E-state index in [0.29, 0.717) is 37.9 Å². The van der Waals surface area contributed by atoms with Gasteiger partial charge >= 0.3 is 0 Å². The van der Waals surface area contributed by atoms with Gasteiger partial charge in [-0.25, -0.2) is 0 Å². The van der Waals surface area contributed by atoms with Crippen LogP contribution in [-0.4, -0.2) is 38.6 Å². The fraction of sp³-hybridized carbons (Fsp3) is 0.647. The van der Waals surface area contributed by atoms with E-state index in [0.717, 1.165) is 18.4 Å². The first-order chi connectivity index (χ1) is 10.3. The number of rotatable bonds is 12. The number of ether oxygens (including phenoxy) is 3. The molecule has 0 amide bonds. The molecule has 4 nitrogen and oxygen atoms in total. The lowest BCUT2D eigenvalue weighted by Crippen LogP contribution is -2.10. The molecule has 4 heteroatoms. The molecule has 0 aromatic heterocycles. The topological polar surface area (TPSA) is 47.9 Å². The number of phenols is 1. The van der Waals surface area contributed by atoms with Crippen LogP contribution in [-0.2, 0) is 15.9 Å². The van der Waals surface area contributed by atoms with Gasteiger partial charge in [-0.3, -0.25) is 0 Å². The van der Waals surface area contributed by atoms with Crippen LogP contribution in [0.1, 0.15) is 38.2 Å². The molecule has 0 aliphatic heterocycles. The Morgan fingerprint density at radius 1 is 1.00 bits per heavy atom. The van der Waals surface area contributed by atoms with Gasteiger partial charge in [0.05, 0.1) is 19.8 Å². The number of unbranched alkanes of at least 4 members (excludes halogenated alkanes) is 3. The van der Waals surface area contributed by atoms with E-state index in [1.165, 1.54) is 19.3 Å². The van der Waals surface area contributed by atoms with E-state index in [9.17, 15) is 5.11 Å². The van der Waals surface area contributed by atoms with Crippen LogP contribution in [0.2, 0.25) is 0 Å². The summed E-state index contributed by atoms with van der Waals surface area (Å²) in [6, 6.07) is 5.54. The number of hydrogen-bond donors (Lipinski definition) is 1. The van der Waals surface area contributed by atoms with Crippen LogP contribution in [0.25, 0.3) is 0 Å². The second-order valence-electron chi connectivity index (χ2n) is 5.05. The van der Waals surface area contributed by atoms with E-state index in [1.807, 2.05) is 12.1 Å². The summed E-state index contributed by atoms with van der Waals surface area (Å²) in [4.78, 5) is 0. The number of benzene rings is 1. The third-order valence-electron chi connectivity index (χ3n) is 3.28. The molecule has 1 rings (SSSR count). The Labute approximate surface area is 128 Å². The summed E-state index contributed by atoms with van der Waals surface area (Å²) in [5.74, 6) is 1.00. The summed E-state index contributed by atoms with van der Waals surface area (Å²) in [5, 5.41) is 9.99. The highest BCUT2D eigenvalue weighted by molar-refractivity contribution is 5.39. The van der Waals surface area contributed by atoms with Crippen molar-refractivity contribution in [3.8, 4) is 11.5 Å². The summed E-state index contributed by atoms with van der Waals surface area (Å²) in [7, 11) is 1.65. The van der Waals surface area contributed by atoms with Crippen LogP contribution in [0.5, 0.6) is 11.5 Å². The lowest BCUT2D eigenvalue weighted by molar-refractivity contribution is 0.0544. The molecule has 120 valence electrons. The lowest BCUT2D eigenvalue weighted by atomic mass is 10.1. The molecule has 0 unspecified atom stereocenters. The first-order valence-electron chi connectivity index (χ1n) is 7.79. The average molecular weight is 296 g/mol. The second kappa shape index (κ2) is 11.4. The first kappa shape index (κ1) is 17.8. The van der Waals surface area contributed by atoms with Crippen molar-refractivity contribution in [2.45, 2.75) is 39.0 Å². The maximum Gasteiger partial charge on any atom is 0.123 e. The van der Waals surface area contributed by atoms with E-state index >= 15 is 0 Å². The predicted molar refractivity (Wildman–Crippen MR) is 84.1 cm³/mol. The minimum atomic E-state index is 0.323. The van der Waals surface area contributed by atoms with Gasteiger partial charge < -0.3 is 19.3 Å². The zero-order valence-electron chi connectivity index (χ0n) is 13.3. The molecule has 1 aromatic rings. The molecular weight excluding hydrogens is 268 g/mol. The number of hydrogen-bond acceptors (Lipinski definition) is 4. The van der Waals surface area contributed by atoms with Gasteiger partial charge in [0, 0.05) is 13.2 Å². The molecule has 0 atom stereocenters. The van der Waals surface area contributed by atoms with Gasteiger partial charge in [0.25, 0.3) is 0 Å². The van der Waals surface area contributed by atoms with Crippen LogP contribution in [0.3, 0.4) is 0 Å². The largest absolute Gasteiger partial charge is 0.508 e. The molecule has 0 fully saturated rings. The number of phenolic OH excluding ortho intramolecular Hbond substituents is 1. The van der Waals surface area contributed by atoms with Crippen molar-refractivity contribution in [1.29, 1.82) is 0 Å². The number of aryl methyl sites for hydroxylation is 1. The Balaban J connectivity index is 2.26. The van der Waals surface area contributed by atoms with E-state index in [-0.39, 0.29) is 0 Å². The monoisotopic (exact) mass is 296 g/mol. The fourth-order valence-electron chi connectivity index (χ4n) is 2.05. The maximum atomic E-state index is 9.99. The highest BCUT2D eigenvalue weighted by Gasteiger charge is 2.03. The van der Waals surface area contributed by atoms with Crippen molar-refractivity contribution in [3.63, 3.8) is 0 Å². The highest BCUT2D eigenvalue weighted by atomic mass is 16.5. The zero-order valence-corrected chi connectivity index (χ0v) is 13.3. The van der Waals surface area contributed by atoms with Crippen molar-refractivity contribution < 1.29 is 19.3 Å². The molecule has 0 spiro atoms. The van der Waals surface area contributed by atoms with Crippen molar-refractivity contribution in [2.75, 3.05) is 33.5 Å². The molecule has 0 radical (unpaired) electrons. The Morgan fingerprint density at radius 2 is 1.81 bits per heavy atom. The van der Waals surface area contributed by atoms with E-state index in [1.54, 1.807) is 13.2 Å². The van der Waals surface area contributed by atoms with Crippen molar-refractivity contribution in [3.05, 3.63) is 23.8 Å². The minimum Gasteiger partial charge on any atom is -0.508 e. The van der Waals surface area contributed by atoms with E-state index in [2.05, 4.69) is 6.92 Å². The van der Waals surface area contributed by atoms with Gasteiger partial charge in [-0.15, -0.1) is 0 Å². The molecule has 0 aliphatic carbocycles. The van der Waals surface area contributed by atoms with Gasteiger partial charge in [0.2, 0.25) is 0 Å². The SMILES string of the molecule is CCCCCCc1ccc(OCCOCCOC)cc1O. The molecule has 0 saturated heterocycles. The fourth-order valence-corrected chi connectivity index (χ4v) is 2.05. The minimum absolute atomic E-state index is 0.323. The quantitative estimate of drug-likeness (QED) is 0.599. The van der Waals surface area contributed by atoms with Crippen LogP contribution in [0.4, 0.5) is 0 Å². The standard InChI is InChI=1S/C17H28O4/c1-3-4-5-6-7-15-8-9-16(14-17(15)18)21-13-12-20-11-10-19-2/h8-9,14,18H,3-7,10-13H2,1-2H3. The summed E-state index contributed by atoms with van der Waals surface area (Å²) < 4.78 is 15.7. The summed E-state index contributed by atoms with van der Waals surface area (Å²) in [6.45, 7) is 4.35. The maximum absolute atomic E-state index is 9.99. The normalized spacial score (nSPS) is 10.8. The number of aromatic hydroxyl groups is 1. The summed E-state index contributed by atoms with van der Waals surface area (Å²) in [5.41, 5.74) is 0.995. The molecule has 0 saturated carbocycles. The molecule has 0 aliphatic rings. The van der Waals surface area contributed by atoms with Crippen LogP contribution < -0.4 is 4.74 Å².